The summed E-state index contributed by atoms with van der Waals surface area (Å²) < 4.78 is 11.8. The van der Waals surface area contributed by atoms with Crippen LogP contribution in [0.5, 0.6) is 11.5 Å². The molecule has 0 spiro atoms. The fourth-order valence-corrected chi connectivity index (χ4v) is 4.28. The molecule has 4 heteroatoms. The van der Waals surface area contributed by atoms with E-state index in [1.54, 1.807) is 7.11 Å². The highest BCUT2D eigenvalue weighted by Gasteiger charge is 2.26. The third-order valence-corrected chi connectivity index (χ3v) is 6.04. The summed E-state index contributed by atoms with van der Waals surface area (Å²) in [6.07, 6.45) is 7.70. The Morgan fingerprint density at radius 3 is 2.62 bits per heavy atom. The second kappa shape index (κ2) is 8.73. The molecule has 1 heterocycles. The van der Waals surface area contributed by atoms with Crippen LogP contribution in [0, 0.1) is 6.92 Å². The number of rotatable bonds is 5. The molecule has 2 fully saturated rings. The summed E-state index contributed by atoms with van der Waals surface area (Å²) in [7, 11) is 1.68. The number of carbonyl (C=O) groups excluding carboxylic acids is 1. The van der Waals surface area contributed by atoms with Gasteiger partial charge in [-0.05, 0) is 73.9 Å². The summed E-state index contributed by atoms with van der Waals surface area (Å²) in [6.45, 7) is 2.71. The Morgan fingerprint density at radius 1 is 1.07 bits per heavy atom. The van der Waals surface area contributed by atoms with Crippen LogP contribution in [0.15, 0.2) is 48.0 Å². The van der Waals surface area contributed by atoms with Gasteiger partial charge in [0.15, 0.2) is 11.5 Å². The van der Waals surface area contributed by atoms with Gasteiger partial charge in [-0.15, -0.1) is 0 Å². The molecule has 2 aromatic rings. The number of hydrogen-bond donors (Lipinski definition) is 1. The van der Waals surface area contributed by atoms with E-state index in [1.165, 1.54) is 24.0 Å². The molecule has 1 saturated heterocycles. The number of amides is 1. The summed E-state index contributed by atoms with van der Waals surface area (Å²) in [5, 5.41) is 3.06. The Labute approximate surface area is 172 Å². The van der Waals surface area contributed by atoms with Crippen molar-refractivity contribution in [1.82, 2.24) is 5.32 Å². The Balaban J connectivity index is 1.57. The van der Waals surface area contributed by atoms with E-state index in [4.69, 9.17) is 9.47 Å². The van der Waals surface area contributed by atoms with Crippen molar-refractivity contribution in [3.63, 3.8) is 0 Å². The van der Waals surface area contributed by atoms with Gasteiger partial charge in [-0.1, -0.05) is 30.3 Å². The molecule has 0 aromatic heterocycles. The average Bonchev–Trinajstić information content (AvgIpc) is 3.24. The van der Waals surface area contributed by atoms with E-state index in [-0.39, 0.29) is 17.9 Å². The number of piperidine rings is 1. The maximum Gasteiger partial charge on any atom is 0.247 e. The molecular weight excluding hydrogens is 362 g/mol. The number of hydrogen-bond acceptors (Lipinski definition) is 3. The molecule has 29 heavy (non-hydrogen) atoms. The molecular formula is C25H29NO3. The van der Waals surface area contributed by atoms with Crippen LogP contribution in [-0.4, -0.2) is 25.7 Å². The predicted octanol–water partition coefficient (Wildman–Crippen LogP) is 5.01. The third kappa shape index (κ3) is 4.47. The highest BCUT2D eigenvalue weighted by Crippen LogP contribution is 2.36. The van der Waals surface area contributed by atoms with Crippen LogP contribution in [0.25, 0.3) is 6.08 Å². The molecule has 1 aliphatic carbocycles. The van der Waals surface area contributed by atoms with E-state index in [0.29, 0.717) is 6.54 Å². The minimum Gasteiger partial charge on any atom is -0.493 e. The van der Waals surface area contributed by atoms with Crippen molar-refractivity contribution < 1.29 is 14.3 Å². The monoisotopic (exact) mass is 391 g/mol. The second-order valence-electron chi connectivity index (χ2n) is 8.07. The molecule has 1 aliphatic heterocycles. The number of methoxy groups -OCH3 is 1. The van der Waals surface area contributed by atoms with E-state index in [1.807, 2.05) is 24.3 Å². The van der Waals surface area contributed by atoms with Crippen molar-refractivity contribution in [1.29, 1.82) is 0 Å². The molecule has 1 unspecified atom stereocenters. The predicted molar refractivity (Wildman–Crippen MR) is 115 cm³/mol. The van der Waals surface area contributed by atoms with Crippen molar-refractivity contribution in [3.05, 3.63) is 64.7 Å². The Morgan fingerprint density at radius 2 is 1.86 bits per heavy atom. The van der Waals surface area contributed by atoms with Crippen molar-refractivity contribution in [2.24, 2.45) is 0 Å². The van der Waals surface area contributed by atoms with Crippen molar-refractivity contribution in [3.8, 4) is 11.5 Å². The van der Waals surface area contributed by atoms with Crippen LogP contribution < -0.4 is 14.8 Å². The Kier molecular flexibility index (Phi) is 5.89. The molecule has 1 atom stereocenters. The van der Waals surface area contributed by atoms with E-state index < -0.39 is 0 Å². The minimum atomic E-state index is 0.0282. The maximum absolute atomic E-state index is 12.5. The lowest BCUT2D eigenvalue weighted by molar-refractivity contribution is -0.118. The summed E-state index contributed by atoms with van der Waals surface area (Å²) in [4.78, 5) is 12.5. The topological polar surface area (TPSA) is 47.6 Å². The molecule has 1 N–H and O–H groups in total. The van der Waals surface area contributed by atoms with Crippen molar-refractivity contribution in [2.75, 3.05) is 13.7 Å². The van der Waals surface area contributed by atoms with Crippen LogP contribution in [-0.2, 0) is 4.79 Å². The second-order valence-corrected chi connectivity index (χ2v) is 8.07. The van der Waals surface area contributed by atoms with E-state index in [9.17, 15) is 4.79 Å². The molecule has 2 aliphatic rings. The summed E-state index contributed by atoms with van der Waals surface area (Å²) in [5.41, 5.74) is 4.27. The van der Waals surface area contributed by atoms with Gasteiger partial charge in [-0.2, -0.15) is 0 Å². The van der Waals surface area contributed by atoms with Gasteiger partial charge < -0.3 is 14.8 Å². The van der Waals surface area contributed by atoms with Crippen LogP contribution in [0.1, 0.15) is 54.7 Å². The standard InChI is InChI=1S/C25H29NO3/c1-17-7-3-4-8-18(17)13-20-14-21(16-26-25(20)27)19-11-12-23(28-2)24(15-19)29-22-9-5-6-10-22/h3-4,7-8,11-13,15,21-22H,5-6,9-10,14,16H2,1-2H3,(H,26,27). The smallest absolute Gasteiger partial charge is 0.247 e. The van der Waals surface area contributed by atoms with Gasteiger partial charge in [0, 0.05) is 18.0 Å². The lowest BCUT2D eigenvalue weighted by Crippen LogP contribution is -2.35. The van der Waals surface area contributed by atoms with Crippen LogP contribution in [0.2, 0.25) is 0 Å². The number of carbonyl (C=O) groups is 1. The zero-order valence-electron chi connectivity index (χ0n) is 17.2. The molecule has 0 radical (unpaired) electrons. The zero-order valence-corrected chi connectivity index (χ0v) is 17.2. The summed E-state index contributed by atoms with van der Waals surface area (Å²) >= 11 is 0. The molecule has 1 saturated carbocycles. The van der Waals surface area contributed by atoms with E-state index >= 15 is 0 Å². The lowest BCUT2D eigenvalue weighted by atomic mass is 9.87. The Hall–Kier alpha value is -2.75. The number of nitrogens with one attached hydrogen (secondary N) is 1. The molecule has 1 amide bonds. The van der Waals surface area contributed by atoms with Crippen molar-refractivity contribution in [2.45, 2.75) is 51.0 Å². The Bertz CT molecular complexity index is 912. The molecule has 152 valence electrons. The minimum absolute atomic E-state index is 0.0282. The van der Waals surface area contributed by atoms with E-state index in [0.717, 1.165) is 41.9 Å². The van der Waals surface area contributed by atoms with Gasteiger partial charge in [0.2, 0.25) is 5.91 Å². The van der Waals surface area contributed by atoms with Gasteiger partial charge >= 0.3 is 0 Å². The number of benzene rings is 2. The van der Waals surface area contributed by atoms with Gasteiger partial charge in [0.1, 0.15) is 0 Å². The van der Waals surface area contributed by atoms with Gasteiger partial charge in [-0.25, -0.2) is 0 Å². The molecule has 4 rings (SSSR count). The zero-order chi connectivity index (χ0) is 20.2. The van der Waals surface area contributed by atoms with Crippen LogP contribution in [0.3, 0.4) is 0 Å². The first-order valence-electron chi connectivity index (χ1n) is 10.5. The maximum atomic E-state index is 12.5. The van der Waals surface area contributed by atoms with Gasteiger partial charge in [-0.3, -0.25) is 4.79 Å². The summed E-state index contributed by atoms with van der Waals surface area (Å²) in [6, 6.07) is 14.3. The lowest BCUT2D eigenvalue weighted by Gasteiger charge is -2.26. The fourth-order valence-electron chi connectivity index (χ4n) is 4.28. The number of aryl methyl sites for hydroxylation is 1. The van der Waals surface area contributed by atoms with E-state index in [2.05, 4.69) is 36.5 Å². The van der Waals surface area contributed by atoms with Gasteiger partial charge in [0.05, 0.1) is 13.2 Å². The molecule has 0 bridgehead atoms. The number of ether oxygens (including phenoxy) is 2. The summed E-state index contributed by atoms with van der Waals surface area (Å²) in [5.74, 6) is 1.84. The first-order valence-corrected chi connectivity index (χ1v) is 10.5. The highest BCUT2D eigenvalue weighted by atomic mass is 16.5. The molecule has 4 nitrogen and oxygen atoms in total. The largest absolute Gasteiger partial charge is 0.493 e. The fraction of sp³-hybridized carbons (Fsp3) is 0.400. The average molecular weight is 392 g/mol. The SMILES string of the molecule is COc1ccc(C2CNC(=O)C(=Cc3ccccc3C)C2)cc1OC1CCCC1. The third-order valence-electron chi connectivity index (χ3n) is 6.04. The first-order chi connectivity index (χ1) is 14.1. The normalized spacial score (nSPS) is 21.2. The quantitative estimate of drug-likeness (QED) is 0.729. The molecule has 2 aromatic carbocycles. The first kappa shape index (κ1) is 19.6. The van der Waals surface area contributed by atoms with Crippen molar-refractivity contribution >= 4 is 12.0 Å². The van der Waals surface area contributed by atoms with Crippen LogP contribution in [0.4, 0.5) is 0 Å². The van der Waals surface area contributed by atoms with Crippen LogP contribution >= 0.6 is 0 Å². The van der Waals surface area contributed by atoms with Gasteiger partial charge in [0.25, 0.3) is 0 Å². The highest BCUT2D eigenvalue weighted by molar-refractivity contribution is 5.99.